The van der Waals surface area contributed by atoms with Crippen LogP contribution >= 0.6 is 11.3 Å². The van der Waals surface area contributed by atoms with Gasteiger partial charge in [0, 0.05) is 12.2 Å². The molecule has 2 atom stereocenters. The van der Waals surface area contributed by atoms with E-state index in [-0.39, 0.29) is 23.5 Å². The van der Waals surface area contributed by atoms with Gasteiger partial charge in [-0.3, -0.25) is 4.79 Å². The summed E-state index contributed by atoms with van der Waals surface area (Å²) >= 11 is 1.40. The van der Waals surface area contributed by atoms with Crippen molar-refractivity contribution >= 4 is 49.3 Å². The Labute approximate surface area is 255 Å². The number of carbonyl (C=O) groups is 2. The summed E-state index contributed by atoms with van der Waals surface area (Å²) in [6, 6.07) is 21.9. The first-order chi connectivity index (χ1) is 20.3. The van der Waals surface area contributed by atoms with Crippen molar-refractivity contribution < 1.29 is 22.7 Å². The van der Waals surface area contributed by atoms with Gasteiger partial charge in [0.25, 0.3) is 0 Å². The lowest BCUT2D eigenvalue weighted by Gasteiger charge is -2.20. The number of benzene rings is 3. The molecule has 0 aliphatic rings. The highest BCUT2D eigenvalue weighted by Gasteiger charge is 2.26. The van der Waals surface area contributed by atoms with Gasteiger partial charge in [-0.15, -0.1) is 11.3 Å². The third kappa shape index (κ3) is 8.84. The van der Waals surface area contributed by atoms with Crippen LogP contribution < -0.4 is 15.4 Å². The van der Waals surface area contributed by atoms with Gasteiger partial charge in [0.1, 0.15) is 10.6 Å². The van der Waals surface area contributed by atoms with Gasteiger partial charge in [0.2, 0.25) is 15.9 Å². The van der Waals surface area contributed by atoms with Crippen LogP contribution in [0.25, 0.3) is 10.2 Å². The Hall–Kier alpha value is -4.31. The second kappa shape index (κ2) is 13.3. The molecule has 0 fully saturated rings. The SMILES string of the molecule is CC(CNC(=O)OC(C)(C)C)C(=O)Nc1cccc(S(=O)(=O)NC(Cc2cccc(C#N)c2)c2nc3ccccc3s2)c1. The molecule has 1 aromatic heterocycles. The number of thiazole rings is 1. The molecule has 0 spiro atoms. The lowest BCUT2D eigenvalue weighted by molar-refractivity contribution is -0.119. The number of sulfonamides is 1. The van der Waals surface area contributed by atoms with Crippen LogP contribution in [0.15, 0.2) is 77.7 Å². The molecule has 12 heteroatoms. The Morgan fingerprint density at radius 3 is 2.51 bits per heavy atom. The van der Waals surface area contributed by atoms with Crippen molar-refractivity contribution in [2.45, 2.75) is 50.7 Å². The van der Waals surface area contributed by atoms with Crippen molar-refractivity contribution in [3.05, 3.63) is 88.9 Å². The predicted octanol–water partition coefficient (Wildman–Crippen LogP) is 5.53. The normalized spacial score (nSPS) is 13.1. The number of hydrogen-bond donors (Lipinski definition) is 3. The number of nitrogens with zero attached hydrogens (tertiary/aromatic N) is 2. The zero-order valence-corrected chi connectivity index (χ0v) is 25.9. The van der Waals surface area contributed by atoms with E-state index in [1.807, 2.05) is 30.3 Å². The molecule has 4 rings (SSSR count). The van der Waals surface area contributed by atoms with E-state index in [0.29, 0.717) is 10.6 Å². The average Bonchev–Trinajstić information content (AvgIpc) is 3.39. The summed E-state index contributed by atoms with van der Waals surface area (Å²) in [4.78, 5) is 29.4. The Kier molecular flexibility index (Phi) is 9.80. The first kappa shape index (κ1) is 31.6. The quantitative estimate of drug-likeness (QED) is 0.211. The van der Waals surface area contributed by atoms with Gasteiger partial charge >= 0.3 is 6.09 Å². The van der Waals surface area contributed by atoms with Crippen molar-refractivity contribution in [2.24, 2.45) is 5.92 Å². The molecule has 0 aliphatic carbocycles. The predicted molar refractivity (Wildman–Crippen MR) is 166 cm³/mol. The number of hydrogen-bond acceptors (Lipinski definition) is 8. The highest BCUT2D eigenvalue weighted by atomic mass is 32.2. The number of nitrogens with one attached hydrogen (secondary N) is 3. The van der Waals surface area contributed by atoms with Gasteiger partial charge in [-0.1, -0.05) is 37.3 Å². The average molecular weight is 620 g/mol. The minimum atomic E-state index is -4.07. The number of nitriles is 1. The number of carbonyl (C=O) groups excluding carboxylic acids is 2. The van der Waals surface area contributed by atoms with Crippen LogP contribution in [0.2, 0.25) is 0 Å². The van der Waals surface area contributed by atoms with E-state index in [4.69, 9.17) is 4.74 Å². The van der Waals surface area contributed by atoms with Gasteiger partial charge in [-0.05, 0) is 75.2 Å². The fraction of sp³-hybridized carbons (Fsp3) is 0.290. The third-order valence-corrected chi connectivity index (χ3v) is 8.83. The van der Waals surface area contributed by atoms with Crippen molar-refractivity contribution in [1.29, 1.82) is 5.26 Å². The zero-order chi connectivity index (χ0) is 31.2. The smallest absolute Gasteiger partial charge is 0.407 e. The maximum atomic E-state index is 13.6. The van der Waals surface area contributed by atoms with Gasteiger partial charge in [0.15, 0.2) is 0 Å². The molecule has 10 nitrogen and oxygen atoms in total. The lowest BCUT2D eigenvalue weighted by Crippen LogP contribution is -2.37. The van der Waals surface area contributed by atoms with Crippen molar-refractivity contribution in [2.75, 3.05) is 11.9 Å². The Bertz CT molecular complexity index is 1740. The summed E-state index contributed by atoms with van der Waals surface area (Å²) in [5.74, 6) is -1.01. The lowest BCUT2D eigenvalue weighted by atomic mass is 10.0. The van der Waals surface area contributed by atoms with Gasteiger partial charge in [-0.25, -0.2) is 22.9 Å². The van der Waals surface area contributed by atoms with E-state index in [9.17, 15) is 23.3 Å². The molecule has 3 aromatic carbocycles. The summed E-state index contributed by atoms with van der Waals surface area (Å²) in [7, 11) is -4.07. The van der Waals surface area contributed by atoms with E-state index in [1.165, 1.54) is 29.5 Å². The molecule has 1 heterocycles. The van der Waals surface area contributed by atoms with Crippen LogP contribution in [0.5, 0.6) is 0 Å². The van der Waals surface area contributed by atoms with Gasteiger partial charge in [-0.2, -0.15) is 5.26 Å². The highest BCUT2D eigenvalue weighted by molar-refractivity contribution is 7.89. The van der Waals surface area contributed by atoms with Crippen molar-refractivity contribution in [1.82, 2.24) is 15.0 Å². The van der Waals surface area contributed by atoms with E-state index in [0.717, 1.165) is 15.8 Å². The molecule has 4 aromatic rings. The molecule has 0 radical (unpaired) electrons. The second-order valence-corrected chi connectivity index (χ2v) is 13.8. The monoisotopic (exact) mass is 619 g/mol. The molecule has 0 saturated heterocycles. The third-order valence-electron chi connectivity index (χ3n) is 6.21. The second-order valence-electron chi connectivity index (χ2n) is 11.0. The van der Waals surface area contributed by atoms with Gasteiger partial charge in [0.05, 0.1) is 38.7 Å². The molecule has 3 N–H and O–H groups in total. The highest BCUT2D eigenvalue weighted by Crippen LogP contribution is 2.30. The minimum Gasteiger partial charge on any atom is -0.444 e. The van der Waals surface area contributed by atoms with Gasteiger partial charge < -0.3 is 15.4 Å². The minimum absolute atomic E-state index is 0.0388. The summed E-state index contributed by atoms with van der Waals surface area (Å²) in [5.41, 5.74) is 1.64. The van der Waals surface area contributed by atoms with Crippen LogP contribution in [0.3, 0.4) is 0 Å². The number of rotatable bonds is 10. The fourth-order valence-electron chi connectivity index (χ4n) is 4.13. The summed E-state index contributed by atoms with van der Waals surface area (Å²) in [6.45, 7) is 6.90. The number of alkyl carbamates (subject to hydrolysis) is 1. The molecule has 43 heavy (non-hydrogen) atoms. The molecule has 0 bridgehead atoms. The molecular weight excluding hydrogens is 587 g/mol. The Morgan fingerprint density at radius 2 is 1.79 bits per heavy atom. The maximum Gasteiger partial charge on any atom is 0.407 e. The summed E-state index contributed by atoms with van der Waals surface area (Å²) in [6.07, 6.45) is -0.360. The molecule has 224 valence electrons. The number of para-hydroxylation sites is 1. The zero-order valence-electron chi connectivity index (χ0n) is 24.2. The van der Waals surface area contributed by atoms with Crippen LogP contribution in [0.1, 0.15) is 49.9 Å². The van der Waals surface area contributed by atoms with Crippen LogP contribution in [0, 0.1) is 17.2 Å². The standard InChI is InChI=1S/C31H33N5O5S2/c1-20(19-33-30(38)41-31(2,3)4)28(37)34-23-11-8-12-24(17-23)43(39,40)36-26(16-21-9-7-10-22(15-21)18-32)29-35-25-13-5-6-14-27(25)42-29/h5-15,17,20,26,36H,16,19H2,1-4H3,(H,33,38)(H,34,37). The van der Waals surface area contributed by atoms with E-state index >= 15 is 0 Å². The molecular formula is C31H33N5O5S2. The summed E-state index contributed by atoms with van der Waals surface area (Å²) < 4.78 is 36.2. The Balaban J connectivity index is 1.51. The van der Waals surface area contributed by atoms with Crippen LogP contribution in [-0.2, 0) is 26.0 Å². The molecule has 2 amide bonds. The number of fused-ring (bicyclic) bond motifs is 1. The Morgan fingerprint density at radius 1 is 1.05 bits per heavy atom. The van der Waals surface area contributed by atoms with Crippen molar-refractivity contribution in [3.63, 3.8) is 0 Å². The fourth-order valence-corrected chi connectivity index (χ4v) is 6.47. The van der Waals surface area contributed by atoms with Crippen LogP contribution in [-0.4, -0.2) is 37.5 Å². The van der Waals surface area contributed by atoms with Crippen LogP contribution in [0.4, 0.5) is 10.5 Å². The van der Waals surface area contributed by atoms with Crippen molar-refractivity contribution in [3.8, 4) is 6.07 Å². The first-order valence-corrected chi connectivity index (χ1v) is 15.9. The number of ether oxygens (including phenoxy) is 1. The topological polar surface area (TPSA) is 150 Å². The summed E-state index contributed by atoms with van der Waals surface area (Å²) in [5, 5.41) is 15.2. The van der Waals surface area contributed by atoms with E-state index in [1.54, 1.807) is 52.0 Å². The molecule has 0 saturated carbocycles. The van der Waals surface area contributed by atoms with E-state index < -0.39 is 39.6 Å². The number of anilines is 1. The number of aromatic nitrogens is 1. The number of amides is 2. The maximum absolute atomic E-state index is 13.6. The largest absolute Gasteiger partial charge is 0.444 e. The molecule has 2 unspecified atom stereocenters. The van der Waals surface area contributed by atoms with E-state index in [2.05, 4.69) is 26.4 Å². The molecule has 0 aliphatic heterocycles. The first-order valence-electron chi connectivity index (χ1n) is 13.6.